The molecule has 2 N–H and O–H groups in total. The Bertz CT molecular complexity index is 664. The highest BCUT2D eigenvalue weighted by molar-refractivity contribution is 14.0. The van der Waals surface area contributed by atoms with Gasteiger partial charge >= 0.3 is 0 Å². The Morgan fingerprint density at radius 1 is 1.17 bits per heavy atom. The quantitative estimate of drug-likeness (QED) is 0.361. The van der Waals surface area contributed by atoms with Gasteiger partial charge < -0.3 is 15.3 Å². The molecule has 0 aromatic heterocycles. The predicted molar refractivity (Wildman–Crippen MR) is 130 cm³/mol. The maximum atomic E-state index is 10.4. The van der Waals surface area contributed by atoms with E-state index in [1.807, 2.05) is 0 Å². The van der Waals surface area contributed by atoms with E-state index in [9.17, 15) is 5.11 Å². The van der Waals surface area contributed by atoms with E-state index in [4.69, 9.17) is 4.99 Å². The Labute approximate surface area is 193 Å². The van der Waals surface area contributed by atoms with Gasteiger partial charge in [0.05, 0.1) is 12.1 Å². The molecular formula is C23H37IN4O. The minimum atomic E-state index is -0.545. The second kappa shape index (κ2) is 10.4. The van der Waals surface area contributed by atoms with Crippen LogP contribution in [-0.4, -0.2) is 65.2 Å². The van der Waals surface area contributed by atoms with Gasteiger partial charge in [-0.05, 0) is 63.5 Å². The molecule has 0 bridgehead atoms. The van der Waals surface area contributed by atoms with E-state index in [1.165, 1.54) is 31.4 Å². The number of halogens is 1. The standard InChI is InChI=1S/C23H36N4O.HI/c1-2-24-22(25-18-23(28)12-7-13-23)27-15-11-21-20(17-27)10-6-14-26(21)16-19-8-4-3-5-9-19;/h3-5,8-9,20-21,28H,2,6-7,10-18H2,1H3,(H,24,25);1H. The molecule has 5 nitrogen and oxygen atoms in total. The van der Waals surface area contributed by atoms with Gasteiger partial charge in [0.2, 0.25) is 0 Å². The van der Waals surface area contributed by atoms with E-state index in [-0.39, 0.29) is 24.0 Å². The normalized spacial score (nSPS) is 26.8. The van der Waals surface area contributed by atoms with Crippen molar-refractivity contribution in [3.63, 3.8) is 0 Å². The number of aliphatic hydroxyl groups is 1. The summed E-state index contributed by atoms with van der Waals surface area (Å²) in [6.45, 7) is 7.97. The number of piperidine rings is 2. The third-order valence-electron chi connectivity index (χ3n) is 6.85. The molecule has 0 radical (unpaired) electrons. The van der Waals surface area contributed by atoms with Crippen molar-refractivity contribution in [2.75, 3.05) is 32.7 Å². The summed E-state index contributed by atoms with van der Waals surface area (Å²) in [5, 5.41) is 13.9. The van der Waals surface area contributed by atoms with Crippen LogP contribution < -0.4 is 5.32 Å². The number of nitrogens with one attached hydrogen (secondary N) is 1. The number of benzene rings is 1. The molecule has 2 heterocycles. The highest BCUT2D eigenvalue weighted by Crippen LogP contribution is 2.33. The van der Waals surface area contributed by atoms with Crippen LogP contribution >= 0.6 is 24.0 Å². The van der Waals surface area contributed by atoms with Crippen LogP contribution in [0.2, 0.25) is 0 Å². The average Bonchev–Trinajstić information content (AvgIpc) is 2.70. The summed E-state index contributed by atoms with van der Waals surface area (Å²) in [4.78, 5) is 9.98. The number of aliphatic imine (C=N–C) groups is 1. The van der Waals surface area contributed by atoms with Crippen molar-refractivity contribution in [2.45, 2.75) is 63.6 Å². The fourth-order valence-corrected chi connectivity index (χ4v) is 5.10. The van der Waals surface area contributed by atoms with Gasteiger partial charge in [-0.25, -0.2) is 0 Å². The molecule has 1 saturated carbocycles. The Morgan fingerprint density at radius 3 is 2.66 bits per heavy atom. The fraction of sp³-hybridized carbons (Fsp3) is 0.696. The molecule has 2 unspecified atom stereocenters. The minimum Gasteiger partial charge on any atom is -0.388 e. The molecule has 2 atom stereocenters. The lowest BCUT2D eigenvalue weighted by Gasteiger charge is -2.48. The first-order valence-electron chi connectivity index (χ1n) is 11.2. The van der Waals surface area contributed by atoms with Crippen LogP contribution in [0.5, 0.6) is 0 Å². The highest BCUT2D eigenvalue weighted by atomic mass is 127. The van der Waals surface area contributed by atoms with Crippen molar-refractivity contribution in [3.8, 4) is 0 Å². The smallest absolute Gasteiger partial charge is 0.194 e. The summed E-state index contributed by atoms with van der Waals surface area (Å²) in [6.07, 6.45) is 6.73. The van der Waals surface area contributed by atoms with Crippen molar-refractivity contribution >= 4 is 29.9 Å². The van der Waals surface area contributed by atoms with Gasteiger partial charge in [0.15, 0.2) is 5.96 Å². The van der Waals surface area contributed by atoms with E-state index in [0.29, 0.717) is 18.5 Å². The first-order valence-corrected chi connectivity index (χ1v) is 11.2. The first kappa shape index (κ1) is 22.8. The van der Waals surface area contributed by atoms with Crippen LogP contribution in [0.4, 0.5) is 0 Å². The van der Waals surface area contributed by atoms with Gasteiger partial charge in [-0.1, -0.05) is 30.3 Å². The van der Waals surface area contributed by atoms with Crippen LogP contribution in [-0.2, 0) is 6.54 Å². The largest absolute Gasteiger partial charge is 0.388 e. The van der Waals surface area contributed by atoms with Crippen molar-refractivity contribution in [1.82, 2.24) is 15.1 Å². The van der Waals surface area contributed by atoms with E-state index in [2.05, 4.69) is 52.4 Å². The maximum Gasteiger partial charge on any atom is 0.194 e. The minimum absolute atomic E-state index is 0. The number of fused-ring (bicyclic) bond motifs is 1. The third-order valence-corrected chi connectivity index (χ3v) is 6.85. The summed E-state index contributed by atoms with van der Waals surface area (Å²) in [5.41, 5.74) is 0.880. The number of likely N-dealkylation sites (tertiary alicyclic amines) is 2. The fourth-order valence-electron chi connectivity index (χ4n) is 5.10. The number of nitrogens with zero attached hydrogens (tertiary/aromatic N) is 3. The molecule has 0 spiro atoms. The van der Waals surface area contributed by atoms with Gasteiger partial charge in [-0.15, -0.1) is 24.0 Å². The first-order chi connectivity index (χ1) is 13.7. The maximum absolute atomic E-state index is 10.4. The van der Waals surface area contributed by atoms with Crippen LogP contribution in [0.1, 0.15) is 51.0 Å². The van der Waals surface area contributed by atoms with Gasteiger partial charge in [-0.3, -0.25) is 9.89 Å². The third kappa shape index (κ3) is 5.64. The van der Waals surface area contributed by atoms with Crippen LogP contribution in [0.25, 0.3) is 0 Å². The molecule has 1 aromatic carbocycles. The molecule has 1 aromatic rings. The summed E-state index contributed by atoms with van der Waals surface area (Å²) < 4.78 is 0. The van der Waals surface area contributed by atoms with Crippen molar-refractivity contribution in [3.05, 3.63) is 35.9 Å². The second-order valence-electron chi connectivity index (χ2n) is 8.91. The molecule has 2 aliphatic heterocycles. The molecule has 3 aliphatic rings. The molecule has 4 rings (SSSR count). The lowest BCUT2D eigenvalue weighted by molar-refractivity contribution is -0.0239. The van der Waals surface area contributed by atoms with Crippen molar-refractivity contribution in [1.29, 1.82) is 0 Å². The predicted octanol–water partition coefficient (Wildman–Crippen LogP) is 3.47. The summed E-state index contributed by atoms with van der Waals surface area (Å²) in [7, 11) is 0. The number of hydrogen-bond acceptors (Lipinski definition) is 3. The van der Waals surface area contributed by atoms with E-state index >= 15 is 0 Å². The van der Waals surface area contributed by atoms with E-state index in [0.717, 1.165) is 51.4 Å². The Morgan fingerprint density at radius 2 is 1.97 bits per heavy atom. The lowest BCUT2D eigenvalue weighted by Crippen LogP contribution is -2.57. The van der Waals surface area contributed by atoms with Crippen molar-refractivity contribution < 1.29 is 5.11 Å². The summed E-state index contributed by atoms with van der Waals surface area (Å²) >= 11 is 0. The van der Waals surface area contributed by atoms with Crippen LogP contribution in [0, 0.1) is 5.92 Å². The topological polar surface area (TPSA) is 51.1 Å². The van der Waals surface area contributed by atoms with Crippen molar-refractivity contribution in [2.24, 2.45) is 10.9 Å². The van der Waals surface area contributed by atoms with Gasteiger partial charge in [0.1, 0.15) is 0 Å². The number of rotatable bonds is 5. The van der Waals surface area contributed by atoms with Gasteiger partial charge in [0, 0.05) is 32.2 Å². The summed E-state index contributed by atoms with van der Waals surface area (Å²) in [5.74, 6) is 1.71. The Kier molecular flexibility index (Phi) is 8.22. The monoisotopic (exact) mass is 512 g/mol. The summed E-state index contributed by atoms with van der Waals surface area (Å²) in [6, 6.07) is 11.6. The SMILES string of the molecule is CCNC(=NCC1(O)CCC1)N1CCC2C(CCCN2Cc2ccccc2)C1.I. The lowest BCUT2D eigenvalue weighted by atomic mass is 9.80. The Balaban J connectivity index is 0.00000240. The van der Waals surface area contributed by atoms with Crippen LogP contribution in [0.15, 0.2) is 35.3 Å². The molecule has 3 fully saturated rings. The molecule has 162 valence electrons. The second-order valence-corrected chi connectivity index (χ2v) is 8.91. The zero-order chi connectivity index (χ0) is 19.4. The van der Waals surface area contributed by atoms with E-state index < -0.39 is 5.60 Å². The molecular weight excluding hydrogens is 475 g/mol. The molecule has 6 heteroatoms. The molecule has 0 amide bonds. The van der Waals surface area contributed by atoms with Gasteiger partial charge in [0.25, 0.3) is 0 Å². The Hall–Kier alpha value is -0.860. The molecule has 29 heavy (non-hydrogen) atoms. The average molecular weight is 512 g/mol. The number of guanidine groups is 1. The molecule has 1 aliphatic carbocycles. The van der Waals surface area contributed by atoms with Crippen LogP contribution in [0.3, 0.4) is 0 Å². The number of hydrogen-bond donors (Lipinski definition) is 2. The van der Waals surface area contributed by atoms with Gasteiger partial charge in [-0.2, -0.15) is 0 Å². The molecule has 2 saturated heterocycles. The highest BCUT2D eigenvalue weighted by Gasteiger charge is 2.38. The van der Waals surface area contributed by atoms with E-state index in [1.54, 1.807) is 0 Å². The zero-order valence-electron chi connectivity index (χ0n) is 17.7. The zero-order valence-corrected chi connectivity index (χ0v) is 20.1.